The molecular weight excluding hydrogens is 260 g/mol. The molecule has 1 aromatic heterocycles. The Kier molecular flexibility index (Phi) is 5.48. The Bertz CT molecular complexity index is 537. The molecular formula is C18H24N2O. The fourth-order valence-corrected chi connectivity index (χ4v) is 2.26. The molecule has 0 aliphatic heterocycles. The van der Waals surface area contributed by atoms with Crippen molar-refractivity contribution in [3.05, 3.63) is 65.5 Å². The van der Waals surface area contributed by atoms with Gasteiger partial charge >= 0.3 is 0 Å². The zero-order valence-corrected chi connectivity index (χ0v) is 13.0. The minimum atomic E-state index is -0.506. The van der Waals surface area contributed by atoms with Crippen LogP contribution in [0.3, 0.4) is 0 Å². The van der Waals surface area contributed by atoms with Crippen LogP contribution in [0.5, 0.6) is 0 Å². The topological polar surface area (TPSA) is 45.1 Å². The molecule has 0 amide bonds. The molecule has 112 valence electrons. The average Bonchev–Trinajstić information content (AvgIpc) is 2.53. The van der Waals surface area contributed by atoms with Gasteiger partial charge in [-0.05, 0) is 41.7 Å². The molecule has 0 spiro atoms. The number of hydrogen-bond acceptors (Lipinski definition) is 3. The lowest BCUT2D eigenvalue weighted by Gasteiger charge is -2.21. The predicted octanol–water partition coefficient (Wildman–Crippen LogP) is 3.42. The van der Waals surface area contributed by atoms with E-state index in [1.807, 2.05) is 31.2 Å². The van der Waals surface area contributed by atoms with E-state index in [1.54, 1.807) is 12.4 Å². The van der Waals surface area contributed by atoms with Gasteiger partial charge in [0, 0.05) is 25.0 Å². The lowest BCUT2D eigenvalue weighted by Crippen LogP contribution is -2.31. The van der Waals surface area contributed by atoms with E-state index in [-0.39, 0.29) is 6.04 Å². The van der Waals surface area contributed by atoms with E-state index in [9.17, 15) is 5.11 Å². The van der Waals surface area contributed by atoms with Crippen molar-refractivity contribution >= 4 is 0 Å². The summed E-state index contributed by atoms with van der Waals surface area (Å²) in [6.45, 7) is 7.07. The van der Waals surface area contributed by atoms with Crippen molar-refractivity contribution in [2.45, 2.75) is 45.4 Å². The minimum absolute atomic E-state index is 0.0111. The van der Waals surface area contributed by atoms with Crippen molar-refractivity contribution in [1.29, 1.82) is 0 Å². The van der Waals surface area contributed by atoms with Gasteiger partial charge in [0.05, 0.1) is 6.10 Å². The predicted molar refractivity (Wildman–Crippen MR) is 86.0 cm³/mol. The van der Waals surface area contributed by atoms with E-state index < -0.39 is 6.10 Å². The summed E-state index contributed by atoms with van der Waals surface area (Å²) in [5.74, 6) is 0.512. The second-order valence-electron chi connectivity index (χ2n) is 5.79. The second kappa shape index (κ2) is 7.34. The molecule has 2 N–H and O–H groups in total. The average molecular weight is 284 g/mol. The third-order valence-corrected chi connectivity index (χ3v) is 3.80. The molecule has 1 aromatic carbocycles. The zero-order chi connectivity index (χ0) is 15.2. The van der Waals surface area contributed by atoms with Crippen LogP contribution in [-0.4, -0.2) is 16.1 Å². The van der Waals surface area contributed by atoms with Crippen molar-refractivity contribution in [2.75, 3.05) is 0 Å². The Morgan fingerprint density at radius 2 is 1.52 bits per heavy atom. The first-order chi connectivity index (χ1) is 10.1. The number of benzene rings is 1. The number of pyridine rings is 1. The van der Waals surface area contributed by atoms with Crippen molar-refractivity contribution in [2.24, 2.45) is 0 Å². The second-order valence-corrected chi connectivity index (χ2v) is 5.79. The molecule has 0 bridgehead atoms. The maximum absolute atomic E-state index is 10.4. The molecule has 0 aliphatic carbocycles. The van der Waals surface area contributed by atoms with Gasteiger partial charge in [-0.2, -0.15) is 0 Å². The van der Waals surface area contributed by atoms with Gasteiger partial charge < -0.3 is 10.4 Å². The van der Waals surface area contributed by atoms with Crippen molar-refractivity contribution in [1.82, 2.24) is 10.3 Å². The van der Waals surface area contributed by atoms with E-state index in [2.05, 4.69) is 36.3 Å². The third kappa shape index (κ3) is 4.38. The summed E-state index contributed by atoms with van der Waals surface area (Å²) in [5.41, 5.74) is 3.41. The monoisotopic (exact) mass is 284 g/mol. The number of aromatic nitrogens is 1. The number of aliphatic hydroxyl groups excluding tert-OH is 1. The lowest BCUT2D eigenvalue weighted by molar-refractivity contribution is 0.135. The molecule has 0 saturated heterocycles. The largest absolute Gasteiger partial charge is 0.387 e. The van der Waals surface area contributed by atoms with Crippen LogP contribution in [0.2, 0.25) is 0 Å². The van der Waals surface area contributed by atoms with Gasteiger partial charge in [0.2, 0.25) is 0 Å². The highest BCUT2D eigenvalue weighted by Crippen LogP contribution is 2.21. The van der Waals surface area contributed by atoms with Crippen LogP contribution in [0.1, 0.15) is 49.5 Å². The summed E-state index contributed by atoms with van der Waals surface area (Å²) in [6.07, 6.45) is 3.05. The highest BCUT2D eigenvalue weighted by molar-refractivity contribution is 5.26. The summed E-state index contributed by atoms with van der Waals surface area (Å²) in [7, 11) is 0. The van der Waals surface area contributed by atoms with Gasteiger partial charge in [-0.15, -0.1) is 0 Å². The Morgan fingerprint density at radius 3 is 2.10 bits per heavy atom. The lowest BCUT2D eigenvalue weighted by atomic mass is 9.98. The standard InChI is InChI=1S/C18H24N2O/c1-13(2)16-4-6-17(7-5-16)18(21)14(3)20-12-15-8-10-19-11-9-15/h4-11,13-14,18,20-21H,12H2,1-3H3. The Hall–Kier alpha value is -1.71. The summed E-state index contributed by atoms with van der Waals surface area (Å²) in [4.78, 5) is 4.00. The number of nitrogens with zero attached hydrogens (tertiary/aromatic N) is 1. The van der Waals surface area contributed by atoms with Crippen molar-refractivity contribution < 1.29 is 5.11 Å². The summed E-state index contributed by atoms with van der Waals surface area (Å²) < 4.78 is 0. The van der Waals surface area contributed by atoms with Crippen LogP contribution in [0, 0.1) is 0 Å². The SMILES string of the molecule is CC(C)c1ccc(C(O)C(C)NCc2ccncc2)cc1. The fourth-order valence-electron chi connectivity index (χ4n) is 2.26. The number of rotatable bonds is 6. The maximum atomic E-state index is 10.4. The van der Waals surface area contributed by atoms with E-state index >= 15 is 0 Å². The van der Waals surface area contributed by atoms with Crippen LogP contribution in [0.25, 0.3) is 0 Å². The first-order valence-corrected chi connectivity index (χ1v) is 7.48. The van der Waals surface area contributed by atoms with Gasteiger partial charge in [0.1, 0.15) is 0 Å². The molecule has 0 aliphatic rings. The summed E-state index contributed by atoms with van der Waals surface area (Å²) in [5, 5.41) is 13.8. The first-order valence-electron chi connectivity index (χ1n) is 7.48. The first kappa shape index (κ1) is 15.7. The van der Waals surface area contributed by atoms with Gasteiger partial charge in [0.25, 0.3) is 0 Å². The smallest absolute Gasteiger partial charge is 0.0940 e. The maximum Gasteiger partial charge on any atom is 0.0940 e. The molecule has 21 heavy (non-hydrogen) atoms. The molecule has 2 aromatic rings. The molecule has 3 nitrogen and oxygen atoms in total. The van der Waals surface area contributed by atoms with Crippen LogP contribution in [0.4, 0.5) is 0 Å². The highest BCUT2D eigenvalue weighted by Gasteiger charge is 2.16. The summed E-state index contributed by atoms with van der Waals surface area (Å²) in [6, 6.07) is 12.2. The van der Waals surface area contributed by atoms with E-state index in [0.29, 0.717) is 5.92 Å². The fraction of sp³-hybridized carbons (Fsp3) is 0.389. The number of aliphatic hydroxyl groups is 1. The molecule has 0 saturated carbocycles. The Labute approximate surface area is 127 Å². The van der Waals surface area contributed by atoms with Gasteiger partial charge in [-0.3, -0.25) is 4.98 Å². The van der Waals surface area contributed by atoms with Gasteiger partial charge in [-0.1, -0.05) is 38.1 Å². The van der Waals surface area contributed by atoms with Crippen molar-refractivity contribution in [3.63, 3.8) is 0 Å². The van der Waals surface area contributed by atoms with Crippen LogP contribution < -0.4 is 5.32 Å². The van der Waals surface area contributed by atoms with E-state index in [1.165, 1.54) is 11.1 Å². The molecule has 2 atom stereocenters. The number of nitrogens with one attached hydrogen (secondary N) is 1. The quantitative estimate of drug-likeness (QED) is 0.854. The van der Waals surface area contributed by atoms with Crippen LogP contribution in [-0.2, 0) is 6.54 Å². The van der Waals surface area contributed by atoms with Gasteiger partial charge in [-0.25, -0.2) is 0 Å². The van der Waals surface area contributed by atoms with E-state index in [4.69, 9.17) is 0 Å². The molecule has 0 fully saturated rings. The Morgan fingerprint density at radius 1 is 0.952 bits per heavy atom. The molecule has 2 rings (SSSR count). The van der Waals surface area contributed by atoms with Crippen LogP contribution in [0.15, 0.2) is 48.8 Å². The highest BCUT2D eigenvalue weighted by atomic mass is 16.3. The van der Waals surface area contributed by atoms with Crippen LogP contribution >= 0.6 is 0 Å². The number of hydrogen-bond donors (Lipinski definition) is 2. The van der Waals surface area contributed by atoms with Gasteiger partial charge in [0.15, 0.2) is 0 Å². The third-order valence-electron chi connectivity index (χ3n) is 3.80. The zero-order valence-electron chi connectivity index (χ0n) is 13.0. The molecule has 3 heteroatoms. The van der Waals surface area contributed by atoms with Crippen molar-refractivity contribution in [3.8, 4) is 0 Å². The normalized spacial score (nSPS) is 14.1. The molecule has 2 unspecified atom stereocenters. The minimum Gasteiger partial charge on any atom is -0.387 e. The Balaban J connectivity index is 1.93. The molecule has 1 heterocycles. The summed E-state index contributed by atoms with van der Waals surface area (Å²) >= 11 is 0. The molecule has 0 radical (unpaired) electrons. The van der Waals surface area contributed by atoms with E-state index in [0.717, 1.165) is 12.1 Å².